The van der Waals surface area contributed by atoms with E-state index in [1.807, 2.05) is 31.2 Å². The number of carbonyl (C=O) groups excluding carboxylic acids is 1. The summed E-state index contributed by atoms with van der Waals surface area (Å²) in [5.74, 6) is 1.16. The Labute approximate surface area is 168 Å². The Morgan fingerprint density at radius 3 is 2.64 bits per heavy atom. The molecule has 2 N–H and O–H groups in total. The van der Waals surface area contributed by atoms with E-state index < -0.39 is 6.03 Å². The lowest BCUT2D eigenvalue weighted by atomic mass is 10.2. The number of halogens is 2. The number of nitrogens with zero attached hydrogens (tertiary/aromatic N) is 1. The number of ether oxygens (including phenoxy) is 2. The van der Waals surface area contributed by atoms with Crippen LogP contribution in [-0.4, -0.2) is 26.5 Å². The van der Waals surface area contributed by atoms with Gasteiger partial charge in [-0.25, -0.2) is 10.2 Å². The number of nitrogens with one attached hydrogen (secondary N) is 2. The number of anilines is 1. The summed E-state index contributed by atoms with van der Waals surface area (Å²) in [6.07, 6.45) is 1.51. The van der Waals surface area contributed by atoms with Crippen molar-refractivity contribution in [1.82, 2.24) is 5.43 Å². The molecule has 2 aromatic carbocycles. The number of urea groups is 1. The van der Waals surface area contributed by atoms with Gasteiger partial charge in [-0.3, -0.25) is 0 Å². The minimum Gasteiger partial charge on any atom is -0.493 e. The summed E-state index contributed by atoms with van der Waals surface area (Å²) >= 11 is 5.59. The number of methoxy groups -OCH3 is 2. The minimum atomic E-state index is -0.436. The molecule has 0 saturated heterocycles. The highest BCUT2D eigenvalue weighted by Gasteiger charge is 2.10. The average Bonchev–Trinajstić information content (AvgIpc) is 2.57. The lowest BCUT2D eigenvalue weighted by molar-refractivity contribution is 0.252. The van der Waals surface area contributed by atoms with Crippen molar-refractivity contribution in [2.45, 2.75) is 6.92 Å². The van der Waals surface area contributed by atoms with E-state index in [0.717, 1.165) is 13.6 Å². The Balaban J connectivity index is 2.06. The van der Waals surface area contributed by atoms with Gasteiger partial charge >= 0.3 is 6.03 Å². The zero-order chi connectivity index (χ0) is 18.4. The van der Waals surface area contributed by atoms with Crippen LogP contribution in [0.25, 0.3) is 0 Å². The topological polar surface area (TPSA) is 72.0 Å². The van der Waals surface area contributed by atoms with Gasteiger partial charge in [0.1, 0.15) is 0 Å². The van der Waals surface area contributed by atoms with Gasteiger partial charge in [-0.15, -0.1) is 0 Å². The first-order valence-electron chi connectivity index (χ1n) is 7.22. The third-order valence-corrected chi connectivity index (χ3v) is 4.77. The van der Waals surface area contributed by atoms with Gasteiger partial charge in [0.2, 0.25) is 0 Å². The van der Waals surface area contributed by atoms with Crippen molar-refractivity contribution in [1.29, 1.82) is 0 Å². The van der Waals surface area contributed by atoms with E-state index in [-0.39, 0.29) is 0 Å². The largest absolute Gasteiger partial charge is 0.493 e. The number of hydrogen-bond acceptors (Lipinski definition) is 4. The van der Waals surface area contributed by atoms with Crippen LogP contribution in [0.4, 0.5) is 10.5 Å². The monoisotopic (exact) mass is 517 g/mol. The molecule has 2 aromatic rings. The van der Waals surface area contributed by atoms with Crippen molar-refractivity contribution in [2.24, 2.45) is 5.10 Å². The van der Waals surface area contributed by atoms with Crippen LogP contribution >= 0.6 is 38.5 Å². The number of rotatable bonds is 5. The molecule has 0 unspecified atom stereocenters. The maximum Gasteiger partial charge on any atom is 0.339 e. The number of amides is 2. The van der Waals surface area contributed by atoms with E-state index in [4.69, 9.17) is 9.47 Å². The molecule has 0 spiro atoms. The van der Waals surface area contributed by atoms with E-state index in [0.29, 0.717) is 22.7 Å². The van der Waals surface area contributed by atoms with Gasteiger partial charge in [0.15, 0.2) is 11.5 Å². The maximum absolute atomic E-state index is 11.9. The summed E-state index contributed by atoms with van der Waals surface area (Å²) in [5.41, 5.74) is 4.84. The number of benzene rings is 2. The maximum atomic E-state index is 11.9. The van der Waals surface area contributed by atoms with Crippen molar-refractivity contribution in [3.05, 3.63) is 49.5 Å². The molecule has 8 heteroatoms. The van der Waals surface area contributed by atoms with E-state index in [2.05, 4.69) is 54.4 Å². The summed E-state index contributed by atoms with van der Waals surface area (Å²) in [5, 5.41) is 6.68. The van der Waals surface area contributed by atoms with E-state index in [1.165, 1.54) is 6.21 Å². The third kappa shape index (κ3) is 5.33. The molecule has 0 heterocycles. The summed E-state index contributed by atoms with van der Waals surface area (Å²) in [6.45, 7) is 1.95. The number of aryl methyl sites for hydroxylation is 1. The highest BCUT2D eigenvalue weighted by atomic mass is 127. The first-order chi connectivity index (χ1) is 11.9. The van der Waals surface area contributed by atoms with Crippen molar-refractivity contribution >= 4 is 56.5 Å². The second-order valence-electron chi connectivity index (χ2n) is 5.02. The number of hydrazone groups is 1. The molecule has 0 radical (unpaired) electrons. The van der Waals surface area contributed by atoms with E-state index in [9.17, 15) is 4.79 Å². The fraction of sp³-hybridized carbons (Fsp3) is 0.176. The standard InChI is InChI=1S/C17H17BrIN3O3/c1-10-6-13(4-5-14(10)18)21-17(23)22-20-9-11-7-12(19)8-15(24-2)16(11)25-3/h4-9H,1-3H3,(H2,21,22,23)/b20-9+. The number of hydrogen-bond donors (Lipinski definition) is 2. The van der Waals surface area contributed by atoms with Gasteiger partial charge in [-0.2, -0.15) is 5.10 Å². The van der Waals surface area contributed by atoms with Gasteiger partial charge in [0, 0.05) is 19.3 Å². The highest BCUT2D eigenvalue weighted by molar-refractivity contribution is 14.1. The normalized spacial score (nSPS) is 10.6. The zero-order valence-corrected chi connectivity index (χ0v) is 17.6. The summed E-state index contributed by atoms with van der Waals surface area (Å²) in [4.78, 5) is 11.9. The first kappa shape index (κ1) is 19.5. The van der Waals surface area contributed by atoms with Crippen LogP contribution in [0.2, 0.25) is 0 Å². The summed E-state index contributed by atoms with van der Waals surface area (Å²) in [7, 11) is 3.12. The lowest BCUT2D eigenvalue weighted by Gasteiger charge is -2.11. The highest BCUT2D eigenvalue weighted by Crippen LogP contribution is 2.32. The van der Waals surface area contributed by atoms with Crippen molar-refractivity contribution < 1.29 is 14.3 Å². The Kier molecular flexibility index (Phi) is 7.06. The smallest absolute Gasteiger partial charge is 0.339 e. The predicted octanol–water partition coefficient (Wildman–Crippen LogP) is 4.53. The Bertz CT molecular complexity index is 812. The molecule has 0 aliphatic carbocycles. The quantitative estimate of drug-likeness (QED) is 0.347. The van der Waals surface area contributed by atoms with Crippen LogP contribution in [0.1, 0.15) is 11.1 Å². The van der Waals surface area contributed by atoms with Crippen LogP contribution in [-0.2, 0) is 0 Å². The van der Waals surface area contributed by atoms with Crippen molar-refractivity contribution in [2.75, 3.05) is 19.5 Å². The molecule has 132 valence electrons. The third-order valence-electron chi connectivity index (χ3n) is 3.26. The van der Waals surface area contributed by atoms with Crippen molar-refractivity contribution in [3.63, 3.8) is 0 Å². The Morgan fingerprint density at radius 2 is 2.00 bits per heavy atom. The molecule has 0 aromatic heterocycles. The summed E-state index contributed by atoms with van der Waals surface area (Å²) in [6, 6.07) is 8.83. The second kappa shape index (κ2) is 9.04. The van der Waals surface area contributed by atoms with Gasteiger partial charge in [0.05, 0.1) is 20.4 Å². The molecule has 0 bridgehead atoms. The molecule has 25 heavy (non-hydrogen) atoms. The van der Waals surface area contributed by atoms with Crippen LogP contribution in [0, 0.1) is 10.5 Å². The van der Waals surface area contributed by atoms with Gasteiger partial charge < -0.3 is 14.8 Å². The average molecular weight is 518 g/mol. The molecule has 0 fully saturated rings. The van der Waals surface area contributed by atoms with E-state index in [1.54, 1.807) is 20.3 Å². The fourth-order valence-corrected chi connectivity index (χ4v) is 2.96. The molecule has 0 aliphatic heterocycles. The van der Waals surface area contributed by atoms with E-state index >= 15 is 0 Å². The minimum absolute atomic E-state index is 0.436. The SMILES string of the molecule is COc1cc(I)cc(/C=N/NC(=O)Nc2ccc(Br)c(C)c2)c1OC. The molecule has 2 amide bonds. The molecule has 0 aliphatic rings. The zero-order valence-electron chi connectivity index (χ0n) is 13.9. The molecule has 2 rings (SSSR count). The first-order valence-corrected chi connectivity index (χ1v) is 9.09. The van der Waals surface area contributed by atoms with Gasteiger partial charge in [0.25, 0.3) is 0 Å². The van der Waals surface area contributed by atoms with Gasteiger partial charge in [-0.1, -0.05) is 15.9 Å². The molecule has 0 atom stereocenters. The van der Waals surface area contributed by atoms with Crippen LogP contribution in [0.15, 0.2) is 39.9 Å². The van der Waals surface area contributed by atoms with Gasteiger partial charge in [-0.05, 0) is 65.4 Å². The lowest BCUT2D eigenvalue weighted by Crippen LogP contribution is -2.24. The number of carbonyl (C=O) groups is 1. The summed E-state index contributed by atoms with van der Waals surface area (Å²) < 4.78 is 12.6. The Morgan fingerprint density at radius 1 is 1.24 bits per heavy atom. The predicted molar refractivity (Wildman–Crippen MR) is 111 cm³/mol. The Hall–Kier alpha value is -1.81. The second-order valence-corrected chi connectivity index (χ2v) is 7.12. The molecule has 6 nitrogen and oxygen atoms in total. The molecular formula is C17H17BrIN3O3. The fourth-order valence-electron chi connectivity index (χ4n) is 2.10. The van der Waals surface area contributed by atoms with Crippen LogP contribution in [0.3, 0.4) is 0 Å². The van der Waals surface area contributed by atoms with Crippen molar-refractivity contribution in [3.8, 4) is 11.5 Å². The van der Waals surface area contributed by atoms with Crippen LogP contribution in [0.5, 0.6) is 11.5 Å². The van der Waals surface area contributed by atoms with Crippen LogP contribution < -0.4 is 20.2 Å². The molecule has 0 saturated carbocycles. The molecular weight excluding hydrogens is 501 g/mol.